The highest BCUT2D eigenvalue weighted by atomic mass is 32.1. The van der Waals surface area contributed by atoms with Gasteiger partial charge in [0.2, 0.25) is 0 Å². The number of aromatic carboxylic acids is 1. The molecule has 1 aromatic carbocycles. The minimum absolute atomic E-state index is 0.0576. The number of nitrogens with zero attached hydrogens (tertiary/aromatic N) is 2. The Labute approximate surface area is 169 Å². The van der Waals surface area contributed by atoms with E-state index in [1.165, 1.54) is 17.5 Å². The van der Waals surface area contributed by atoms with Crippen LogP contribution in [0.4, 0.5) is 0 Å². The molecule has 0 spiro atoms. The molecule has 4 aromatic rings. The van der Waals surface area contributed by atoms with Gasteiger partial charge in [-0.15, -0.1) is 11.3 Å². The lowest BCUT2D eigenvalue weighted by atomic mass is 10.2. The van der Waals surface area contributed by atoms with E-state index in [0.29, 0.717) is 22.8 Å². The number of carbonyl (C=O) groups is 2. The fourth-order valence-corrected chi connectivity index (χ4v) is 3.70. The van der Waals surface area contributed by atoms with Crippen LogP contribution in [0.2, 0.25) is 0 Å². The van der Waals surface area contributed by atoms with Crippen LogP contribution >= 0.6 is 11.3 Å². The molecule has 29 heavy (non-hydrogen) atoms. The Morgan fingerprint density at radius 3 is 2.93 bits per heavy atom. The van der Waals surface area contributed by atoms with Gasteiger partial charge in [0.1, 0.15) is 16.8 Å². The molecule has 0 fully saturated rings. The largest absolute Gasteiger partial charge is 0.497 e. The third kappa shape index (κ3) is 3.81. The van der Waals surface area contributed by atoms with Gasteiger partial charge >= 0.3 is 5.97 Å². The first-order valence-electron chi connectivity index (χ1n) is 8.64. The smallest absolute Gasteiger partial charge is 0.339 e. The number of H-pyrrole nitrogens is 1. The Morgan fingerprint density at radius 2 is 2.14 bits per heavy atom. The topological polar surface area (TPSA) is 117 Å². The number of aromatic nitrogens is 3. The van der Waals surface area contributed by atoms with Gasteiger partial charge in [-0.25, -0.2) is 14.8 Å². The molecule has 9 heteroatoms. The van der Waals surface area contributed by atoms with Crippen LogP contribution in [0.5, 0.6) is 5.75 Å². The van der Waals surface area contributed by atoms with Crippen molar-refractivity contribution in [1.29, 1.82) is 0 Å². The number of ether oxygens (including phenoxy) is 1. The summed E-state index contributed by atoms with van der Waals surface area (Å²) in [5.41, 5.74) is 2.18. The van der Waals surface area contributed by atoms with E-state index >= 15 is 0 Å². The van der Waals surface area contributed by atoms with Gasteiger partial charge in [-0.3, -0.25) is 4.79 Å². The molecule has 8 nitrogen and oxygen atoms in total. The van der Waals surface area contributed by atoms with Crippen LogP contribution in [-0.4, -0.2) is 39.0 Å². The van der Waals surface area contributed by atoms with Crippen molar-refractivity contribution in [2.45, 2.75) is 6.54 Å². The van der Waals surface area contributed by atoms with E-state index in [1.54, 1.807) is 25.4 Å². The third-order valence-electron chi connectivity index (χ3n) is 4.28. The van der Waals surface area contributed by atoms with Crippen LogP contribution in [0, 0.1) is 0 Å². The number of amides is 1. The summed E-state index contributed by atoms with van der Waals surface area (Å²) in [5, 5.41) is 12.1. The molecule has 0 bridgehead atoms. The number of carboxylic acids is 1. The molecule has 0 aliphatic rings. The molecule has 4 rings (SSSR count). The molecular formula is C20H16N4O4S. The molecule has 3 aromatic heterocycles. The van der Waals surface area contributed by atoms with Crippen molar-refractivity contribution < 1.29 is 19.4 Å². The lowest BCUT2D eigenvalue weighted by molar-refractivity contribution is 0.0698. The zero-order valence-electron chi connectivity index (χ0n) is 15.3. The molecule has 3 heterocycles. The van der Waals surface area contributed by atoms with Crippen molar-refractivity contribution in [3.63, 3.8) is 0 Å². The summed E-state index contributed by atoms with van der Waals surface area (Å²) in [6.07, 6.45) is 2.91. The van der Waals surface area contributed by atoms with E-state index < -0.39 is 5.97 Å². The van der Waals surface area contributed by atoms with Crippen LogP contribution in [-0.2, 0) is 6.54 Å². The molecule has 1 amide bonds. The Hall–Kier alpha value is -3.72. The molecule has 3 N–H and O–H groups in total. The van der Waals surface area contributed by atoms with E-state index in [1.807, 2.05) is 24.3 Å². The zero-order valence-corrected chi connectivity index (χ0v) is 16.1. The lowest BCUT2D eigenvalue weighted by Crippen LogP contribution is -2.21. The first-order chi connectivity index (χ1) is 14.0. The van der Waals surface area contributed by atoms with Crippen LogP contribution < -0.4 is 10.1 Å². The van der Waals surface area contributed by atoms with Crippen molar-refractivity contribution in [2.24, 2.45) is 0 Å². The number of fused-ring (bicyclic) bond motifs is 1. The first kappa shape index (κ1) is 18.6. The number of benzene rings is 1. The number of hydrogen-bond acceptors (Lipinski definition) is 6. The molecule has 0 saturated carbocycles. The molecule has 0 saturated heterocycles. The summed E-state index contributed by atoms with van der Waals surface area (Å²) in [6, 6.07) is 11.0. The summed E-state index contributed by atoms with van der Waals surface area (Å²) in [7, 11) is 1.60. The van der Waals surface area contributed by atoms with E-state index in [9.17, 15) is 14.7 Å². The number of aromatic amines is 1. The average Bonchev–Trinajstić information content (AvgIpc) is 3.39. The normalized spacial score (nSPS) is 10.8. The highest BCUT2D eigenvalue weighted by Gasteiger charge is 2.16. The minimum atomic E-state index is -1.08. The molecule has 0 radical (unpaired) electrons. The monoisotopic (exact) mass is 408 g/mol. The van der Waals surface area contributed by atoms with Gasteiger partial charge in [-0.1, -0.05) is 12.1 Å². The molecule has 0 aliphatic carbocycles. The maximum Gasteiger partial charge on any atom is 0.339 e. The summed E-state index contributed by atoms with van der Waals surface area (Å²) < 4.78 is 5.18. The van der Waals surface area contributed by atoms with Gasteiger partial charge in [0.05, 0.1) is 28.8 Å². The number of hydrogen-bond donors (Lipinski definition) is 3. The lowest BCUT2D eigenvalue weighted by Gasteiger charge is -2.06. The SMILES string of the molecule is COc1cccc(CNC(=O)c2ccc(-c3cnc4[nH]cc(C(=O)O)c4n3)s2)c1. The maximum absolute atomic E-state index is 12.5. The van der Waals surface area contributed by atoms with Crippen LogP contribution in [0.25, 0.3) is 21.7 Å². The molecule has 0 unspecified atom stereocenters. The van der Waals surface area contributed by atoms with Crippen molar-refractivity contribution in [3.8, 4) is 16.3 Å². The predicted molar refractivity (Wildman–Crippen MR) is 108 cm³/mol. The third-order valence-corrected chi connectivity index (χ3v) is 5.39. The van der Waals surface area contributed by atoms with Crippen LogP contribution in [0.3, 0.4) is 0 Å². The fraction of sp³-hybridized carbons (Fsp3) is 0.100. The van der Waals surface area contributed by atoms with Gasteiger partial charge in [0.25, 0.3) is 5.91 Å². The fourth-order valence-electron chi connectivity index (χ4n) is 2.82. The number of thiophene rings is 1. The van der Waals surface area contributed by atoms with Crippen LogP contribution in [0.15, 0.2) is 48.8 Å². The Balaban J connectivity index is 1.51. The Morgan fingerprint density at radius 1 is 1.28 bits per heavy atom. The molecule has 0 aliphatic heterocycles. The summed E-state index contributed by atoms with van der Waals surface area (Å²) >= 11 is 1.27. The van der Waals surface area contributed by atoms with Crippen molar-refractivity contribution >= 4 is 34.4 Å². The quantitative estimate of drug-likeness (QED) is 0.451. The van der Waals surface area contributed by atoms with Gasteiger partial charge in [-0.05, 0) is 29.8 Å². The first-order valence-corrected chi connectivity index (χ1v) is 9.45. The number of methoxy groups -OCH3 is 1. The molecular weight excluding hydrogens is 392 g/mol. The van der Waals surface area contributed by atoms with E-state index in [-0.39, 0.29) is 17.0 Å². The molecule has 146 valence electrons. The van der Waals surface area contributed by atoms with Gasteiger partial charge in [-0.2, -0.15) is 0 Å². The van der Waals surface area contributed by atoms with Gasteiger partial charge in [0, 0.05) is 12.7 Å². The summed E-state index contributed by atoms with van der Waals surface area (Å²) in [5.74, 6) is -0.549. The summed E-state index contributed by atoms with van der Waals surface area (Å²) in [4.78, 5) is 36.4. The van der Waals surface area contributed by atoms with Crippen LogP contribution in [0.1, 0.15) is 25.6 Å². The minimum Gasteiger partial charge on any atom is -0.497 e. The highest BCUT2D eigenvalue weighted by molar-refractivity contribution is 7.17. The van der Waals surface area contributed by atoms with Crippen molar-refractivity contribution in [2.75, 3.05) is 7.11 Å². The zero-order chi connectivity index (χ0) is 20.4. The average molecular weight is 408 g/mol. The maximum atomic E-state index is 12.5. The Bertz CT molecular complexity index is 1210. The number of carboxylic acid groups (broad SMARTS) is 1. The highest BCUT2D eigenvalue weighted by Crippen LogP contribution is 2.28. The molecule has 0 atom stereocenters. The number of carbonyl (C=O) groups excluding carboxylic acids is 1. The van der Waals surface area contributed by atoms with Gasteiger partial charge < -0.3 is 20.1 Å². The van der Waals surface area contributed by atoms with E-state index in [0.717, 1.165) is 16.2 Å². The summed E-state index contributed by atoms with van der Waals surface area (Å²) in [6.45, 7) is 0.375. The van der Waals surface area contributed by atoms with E-state index in [4.69, 9.17) is 4.74 Å². The second-order valence-corrected chi connectivity index (χ2v) is 7.24. The van der Waals surface area contributed by atoms with Crippen molar-refractivity contribution in [3.05, 3.63) is 64.8 Å². The number of rotatable bonds is 6. The second kappa shape index (κ2) is 7.72. The standard InChI is InChI=1S/C20H16N4O4S/c1-28-12-4-2-3-11(7-12)8-23-19(25)16-6-5-15(29-16)14-10-22-18-17(24-14)13(9-21-18)20(26)27/h2-7,9-10H,8H2,1H3,(H,21,22)(H,23,25)(H,26,27). The predicted octanol–water partition coefficient (Wildman–Crippen LogP) is 3.32. The van der Waals surface area contributed by atoms with E-state index in [2.05, 4.69) is 20.3 Å². The van der Waals surface area contributed by atoms with Crippen molar-refractivity contribution in [1.82, 2.24) is 20.3 Å². The second-order valence-electron chi connectivity index (χ2n) is 6.16. The van der Waals surface area contributed by atoms with Gasteiger partial charge in [0.15, 0.2) is 5.65 Å². The number of nitrogens with one attached hydrogen (secondary N) is 2. The Kier molecular flexibility index (Phi) is 4.96.